The molecule has 2 aromatic carbocycles. The average Bonchev–Trinajstić information content (AvgIpc) is 2.94. The van der Waals surface area contributed by atoms with E-state index in [9.17, 15) is 0 Å². The van der Waals surface area contributed by atoms with Crippen LogP contribution < -0.4 is 5.32 Å². The standard InChI is InChI=1S/C20H23N3/c1-23-20(16-10-6-3-7-11-16)18-14-21-13-17(19(18)22-23)12-15-8-4-2-5-9-15/h2-11,17-18,20-21H,12-14H2,1H3. The zero-order valence-electron chi connectivity index (χ0n) is 13.5. The lowest BCUT2D eigenvalue weighted by Crippen LogP contribution is -2.45. The van der Waals surface area contributed by atoms with Crippen LogP contribution in [0.5, 0.6) is 0 Å². The lowest BCUT2D eigenvalue weighted by Gasteiger charge is -2.32. The molecule has 0 amide bonds. The second-order valence-corrected chi connectivity index (χ2v) is 6.61. The fourth-order valence-electron chi connectivity index (χ4n) is 4.03. The highest BCUT2D eigenvalue weighted by Gasteiger charge is 2.41. The predicted octanol–water partition coefficient (Wildman–Crippen LogP) is 3.11. The van der Waals surface area contributed by atoms with E-state index in [1.165, 1.54) is 16.8 Å². The fraction of sp³-hybridized carbons (Fsp3) is 0.350. The number of rotatable bonds is 3. The molecule has 2 heterocycles. The maximum atomic E-state index is 4.96. The molecule has 0 aromatic heterocycles. The summed E-state index contributed by atoms with van der Waals surface area (Å²) in [6.07, 6.45) is 1.07. The second kappa shape index (κ2) is 6.17. The molecule has 3 heteroatoms. The minimum absolute atomic E-state index is 0.359. The Balaban J connectivity index is 1.58. The number of nitrogens with zero attached hydrogens (tertiary/aromatic N) is 2. The van der Waals surface area contributed by atoms with Gasteiger partial charge in [-0.2, -0.15) is 5.10 Å². The summed E-state index contributed by atoms with van der Waals surface area (Å²) in [5.41, 5.74) is 4.14. The van der Waals surface area contributed by atoms with Crippen molar-refractivity contribution < 1.29 is 0 Å². The summed E-state index contributed by atoms with van der Waals surface area (Å²) in [6, 6.07) is 21.9. The normalized spacial score (nSPS) is 26.7. The molecule has 2 aliphatic rings. The molecule has 1 fully saturated rings. The van der Waals surface area contributed by atoms with E-state index < -0.39 is 0 Å². The molecule has 0 radical (unpaired) electrons. The molecular weight excluding hydrogens is 282 g/mol. The maximum Gasteiger partial charge on any atom is 0.0810 e. The Kier molecular flexibility index (Phi) is 3.88. The summed E-state index contributed by atoms with van der Waals surface area (Å²) in [6.45, 7) is 2.05. The van der Waals surface area contributed by atoms with E-state index in [2.05, 4.69) is 78.0 Å². The largest absolute Gasteiger partial charge is 0.315 e. The van der Waals surface area contributed by atoms with Crippen LogP contribution in [0, 0.1) is 11.8 Å². The number of piperidine rings is 1. The Morgan fingerprint density at radius 1 is 1.00 bits per heavy atom. The van der Waals surface area contributed by atoms with Gasteiger partial charge in [-0.05, 0) is 17.5 Å². The van der Waals surface area contributed by atoms with Crippen LogP contribution in [0.3, 0.4) is 0 Å². The molecule has 0 aliphatic carbocycles. The van der Waals surface area contributed by atoms with Crippen molar-refractivity contribution in [3.8, 4) is 0 Å². The lowest BCUT2D eigenvalue weighted by molar-refractivity contribution is 0.243. The molecule has 0 saturated carbocycles. The molecule has 0 bridgehead atoms. The van der Waals surface area contributed by atoms with Crippen molar-refractivity contribution in [2.75, 3.05) is 20.1 Å². The summed E-state index contributed by atoms with van der Waals surface area (Å²) in [7, 11) is 2.11. The topological polar surface area (TPSA) is 27.6 Å². The van der Waals surface area contributed by atoms with E-state index in [4.69, 9.17) is 5.10 Å². The Morgan fingerprint density at radius 2 is 1.70 bits per heavy atom. The molecule has 2 aliphatic heterocycles. The van der Waals surface area contributed by atoms with E-state index in [0.717, 1.165) is 19.5 Å². The van der Waals surface area contributed by atoms with E-state index in [1.807, 2.05) is 0 Å². The summed E-state index contributed by atoms with van der Waals surface area (Å²) in [5, 5.41) is 10.8. The summed E-state index contributed by atoms with van der Waals surface area (Å²) >= 11 is 0. The minimum atomic E-state index is 0.359. The van der Waals surface area contributed by atoms with Crippen LogP contribution in [0.25, 0.3) is 0 Å². The van der Waals surface area contributed by atoms with Crippen LogP contribution >= 0.6 is 0 Å². The van der Waals surface area contributed by atoms with Gasteiger partial charge in [0.15, 0.2) is 0 Å². The van der Waals surface area contributed by atoms with Gasteiger partial charge in [0.25, 0.3) is 0 Å². The molecule has 3 nitrogen and oxygen atoms in total. The molecule has 3 unspecified atom stereocenters. The van der Waals surface area contributed by atoms with Crippen molar-refractivity contribution in [1.29, 1.82) is 0 Å². The third-order valence-corrected chi connectivity index (χ3v) is 5.08. The van der Waals surface area contributed by atoms with Crippen LogP contribution in [-0.2, 0) is 6.42 Å². The third-order valence-electron chi connectivity index (χ3n) is 5.08. The quantitative estimate of drug-likeness (QED) is 0.943. The molecule has 2 aromatic rings. The van der Waals surface area contributed by atoms with Crippen molar-refractivity contribution >= 4 is 5.71 Å². The third kappa shape index (κ3) is 2.77. The van der Waals surface area contributed by atoms with E-state index >= 15 is 0 Å². The zero-order chi connectivity index (χ0) is 15.6. The van der Waals surface area contributed by atoms with Gasteiger partial charge in [0.05, 0.1) is 6.04 Å². The minimum Gasteiger partial charge on any atom is -0.315 e. The van der Waals surface area contributed by atoms with E-state index in [-0.39, 0.29) is 0 Å². The Labute approximate surface area is 138 Å². The first-order valence-electron chi connectivity index (χ1n) is 8.44. The highest BCUT2D eigenvalue weighted by Crippen LogP contribution is 2.38. The van der Waals surface area contributed by atoms with Gasteiger partial charge in [-0.1, -0.05) is 60.7 Å². The number of nitrogens with one attached hydrogen (secondary N) is 1. The molecule has 118 valence electrons. The molecule has 1 N–H and O–H groups in total. The van der Waals surface area contributed by atoms with Crippen molar-refractivity contribution in [1.82, 2.24) is 10.3 Å². The van der Waals surface area contributed by atoms with Crippen LogP contribution in [0.4, 0.5) is 0 Å². The first-order valence-corrected chi connectivity index (χ1v) is 8.44. The monoisotopic (exact) mass is 305 g/mol. The molecule has 4 rings (SSSR count). The Bertz CT molecular complexity index is 681. The van der Waals surface area contributed by atoms with Gasteiger partial charge in [0.1, 0.15) is 0 Å². The molecule has 23 heavy (non-hydrogen) atoms. The van der Waals surface area contributed by atoms with E-state index in [1.54, 1.807) is 0 Å². The number of hydrogen-bond donors (Lipinski definition) is 1. The van der Waals surface area contributed by atoms with Gasteiger partial charge >= 0.3 is 0 Å². The van der Waals surface area contributed by atoms with Gasteiger partial charge in [0.2, 0.25) is 0 Å². The maximum absolute atomic E-state index is 4.96. The average molecular weight is 305 g/mol. The fourth-order valence-corrected chi connectivity index (χ4v) is 4.03. The first kappa shape index (κ1) is 14.5. The van der Waals surface area contributed by atoms with Crippen molar-refractivity contribution in [2.45, 2.75) is 12.5 Å². The highest BCUT2D eigenvalue weighted by atomic mass is 15.5. The van der Waals surface area contributed by atoms with Crippen LogP contribution in [0.15, 0.2) is 65.8 Å². The van der Waals surface area contributed by atoms with Gasteiger partial charge in [-0.3, -0.25) is 5.01 Å². The summed E-state index contributed by atoms with van der Waals surface area (Å²) in [4.78, 5) is 0. The summed E-state index contributed by atoms with van der Waals surface area (Å²) < 4.78 is 0. The first-order chi connectivity index (χ1) is 11.3. The van der Waals surface area contributed by atoms with Gasteiger partial charge in [-0.15, -0.1) is 0 Å². The predicted molar refractivity (Wildman–Crippen MR) is 94.4 cm³/mol. The molecule has 0 spiro atoms. The van der Waals surface area contributed by atoms with Gasteiger partial charge in [-0.25, -0.2) is 0 Å². The number of benzene rings is 2. The van der Waals surface area contributed by atoms with Crippen molar-refractivity contribution in [2.24, 2.45) is 16.9 Å². The van der Waals surface area contributed by atoms with Crippen molar-refractivity contribution in [3.05, 3.63) is 71.8 Å². The molecular formula is C20H23N3. The Hall–Kier alpha value is -2.13. The van der Waals surface area contributed by atoms with Crippen molar-refractivity contribution in [3.63, 3.8) is 0 Å². The SMILES string of the molecule is CN1N=C2C(Cc3ccccc3)CNCC2C1c1ccccc1. The van der Waals surface area contributed by atoms with Crippen LogP contribution in [0.1, 0.15) is 17.2 Å². The number of hydrazone groups is 1. The number of hydrogen-bond acceptors (Lipinski definition) is 3. The molecule has 1 saturated heterocycles. The van der Waals surface area contributed by atoms with Gasteiger partial charge < -0.3 is 5.32 Å². The lowest BCUT2D eigenvalue weighted by atomic mass is 9.79. The Morgan fingerprint density at radius 3 is 2.43 bits per heavy atom. The molecule has 3 atom stereocenters. The highest BCUT2D eigenvalue weighted by molar-refractivity contribution is 5.92. The smallest absolute Gasteiger partial charge is 0.0810 e. The number of fused-ring (bicyclic) bond motifs is 1. The van der Waals surface area contributed by atoms with Crippen LogP contribution in [0.2, 0.25) is 0 Å². The zero-order valence-corrected chi connectivity index (χ0v) is 13.5. The van der Waals surface area contributed by atoms with Crippen LogP contribution in [-0.4, -0.2) is 30.9 Å². The van der Waals surface area contributed by atoms with E-state index in [0.29, 0.717) is 17.9 Å². The van der Waals surface area contributed by atoms with Gasteiger partial charge in [0, 0.05) is 37.7 Å². The summed E-state index contributed by atoms with van der Waals surface area (Å²) in [5.74, 6) is 0.970. The second-order valence-electron chi connectivity index (χ2n) is 6.61.